The van der Waals surface area contributed by atoms with Gasteiger partial charge in [-0.15, -0.1) is 0 Å². The fourth-order valence-electron chi connectivity index (χ4n) is 3.16. The first-order valence-electron chi connectivity index (χ1n) is 7.21. The zero-order valence-corrected chi connectivity index (χ0v) is 11.8. The Bertz CT molecular complexity index is 423. The van der Waals surface area contributed by atoms with E-state index >= 15 is 0 Å². The van der Waals surface area contributed by atoms with E-state index in [2.05, 4.69) is 18.3 Å². The Morgan fingerprint density at radius 2 is 2.26 bits per heavy atom. The molecular weight excluding hydrogens is 242 g/mol. The van der Waals surface area contributed by atoms with E-state index in [1.807, 2.05) is 13.0 Å². The van der Waals surface area contributed by atoms with Gasteiger partial charge in [-0.1, -0.05) is 0 Å². The van der Waals surface area contributed by atoms with Gasteiger partial charge < -0.3 is 19.2 Å². The molecule has 0 saturated carbocycles. The molecule has 0 radical (unpaired) electrons. The van der Waals surface area contributed by atoms with Crippen molar-refractivity contribution in [3.05, 3.63) is 23.7 Å². The number of ether oxygens (including phenoxy) is 2. The fourth-order valence-corrected chi connectivity index (χ4v) is 3.16. The van der Waals surface area contributed by atoms with Crippen LogP contribution in [0.2, 0.25) is 0 Å². The minimum atomic E-state index is -0.0330. The standard InChI is InChI=1S/C15H23NO3/c1-11-3-4-14(19-11)12(2)16-13-5-7-18-15(9-13)6-8-17-10-15/h3-4,12-13,16H,5-10H2,1-2H3. The molecule has 0 amide bonds. The Balaban J connectivity index is 1.60. The molecule has 3 heterocycles. The van der Waals surface area contributed by atoms with Crippen LogP contribution in [0, 0.1) is 6.92 Å². The smallest absolute Gasteiger partial charge is 0.120 e. The van der Waals surface area contributed by atoms with Crippen molar-refractivity contribution in [2.45, 2.75) is 50.8 Å². The van der Waals surface area contributed by atoms with Gasteiger partial charge in [0, 0.05) is 25.7 Å². The molecule has 106 valence electrons. The van der Waals surface area contributed by atoms with Crippen molar-refractivity contribution in [3.8, 4) is 0 Å². The number of hydrogen-bond donors (Lipinski definition) is 1. The number of rotatable bonds is 3. The molecule has 3 atom stereocenters. The van der Waals surface area contributed by atoms with Crippen LogP contribution in [-0.2, 0) is 9.47 Å². The molecule has 4 nitrogen and oxygen atoms in total. The highest BCUT2D eigenvalue weighted by atomic mass is 16.6. The second-order valence-electron chi connectivity index (χ2n) is 5.86. The molecule has 1 spiro atoms. The van der Waals surface area contributed by atoms with Gasteiger partial charge in [-0.05, 0) is 38.8 Å². The zero-order chi connectivity index (χ0) is 13.3. The van der Waals surface area contributed by atoms with Gasteiger partial charge in [0.25, 0.3) is 0 Å². The molecule has 3 rings (SSSR count). The second-order valence-corrected chi connectivity index (χ2v) is 5.86. The van der Waals surface area contributed by atoms with Crippen LogP contribution in [0.5, 0.6) is 0 Å². The highest BCUT2D eigenvalue weighted by Crippen LogP contribution is 2.33. The van der Waals surface area contributed by atoms with E-state index in [4.69, 9.17) is 13.9 Å². The summed E-state index contributed by atoms with van der Waals surface area (Å²) < 4.78 is 17.2. The van der Waals surface area contributed by atoms with Crippen LogP contribution < -0.4 is 5.32 Å². The summed E-state index contributed by atoms with van der Waals surface area (Å²) in [5, 5.41) is 3.67. The topological polar surface area (TPSA) is 43.6 Å². The number of nitrogens with one attached hydrogen (secondary N) is 1. The first-order chi connectivity index (χ1) is 9.17. The summed E-state index contributed by atoms with van der Waals surface area (Å²) in [6.07, 6.45) is 3.13. The molecule has 2 saturated heterocycles. The molecule has 19 heavy (non-hydrogen) atoms. The largest absolute Gasteiger partial charge is 0.465 e. The van der Waals surface area contributed by atoms with Gasteiger partial charge in [0.15, 0.2) is 0 Å². The Morgan fingerprint density at radius 1 is 1.37 bits per heavy atom. The van der Waals surface area contributed by atoms with Crippen LogP contribution in [0.4, 0.5) is 0 Å². The highest BCUT2D eigenvalue weighted by Gasteiger charge is 2.41. The normalized spacial score (nSPS) is 32.8. The third-order valence-electron chi connectivity index (χ3n) is 4.23. The first kappa shape index (κ1) is 13.2. The third kappa shape index (κ3) is 2.86. The summed E-state index contributed by atoms with van der Waals surface area (Å²) >= 11 is 0. The van der Waals surface area contributed by atoms with Crippen molar-refractivity contribution in [1.29, 1.82) is 0 Å². The molecule has 4 heteroatoms. The van der Waals surface area contributed by atoms with Crippen LogP contribution in [0.1, 0.15) is 43.7 Å². The molecule has 1 aromatic heterocycles. The van der Waals surface area contributed by atoms with Crippen molar-refractivity contribution in [2.24, 2.45) is 0 Å². The van der Waals surface area contributed by atoms with Gasteiger partial charge in [0.1, 0.15) is 11.5 Å². The van der Waals surface area contributed by atoms with E-state index in [9.17, 15) is 0 Å². The van der Waals surface area contributed by atoms with Crippen LogP contribution in [0.25, 0.3) is 0 Å². The molecule has 0 aromatic carbocycles. The second kappa shape index (κ2) is 5.27. The highest BCUT2D eigenvalue weighted by molar-refractivity contribution is 5.09. The molecule has 0 aliphatic carbocycles. The van der Waals surface area contributed by atoms with Gasteiger partial charge >= 0.3 is 0 Å². The summed E-state index contributed by atoms with van der Waals surface area (Å²) in [4.78, 5) is 0. The lowest BCUT2D eigenvalue weighted by Gasteiger charge is -2.38. The molecule has 2 aliphatic rings. The van der Waals surface area contributed by atoms with Crippen LogP contribution in [0.3, 0.4) is 0 Å². The monoisotopic (exact) mass is 265 g/mol. The van der Waals surface area contributed by atoms with E-state index < -0.39 is 0 Å². The molecule has 2 aliphatic heterocycles. The van der Waals surface area contributed by atoms with Crippen molar-refractivity contribution in [3.63, 3.8) is 0 Å². The number of hydrogen-bond acceptors (Lipinski definition) is 4. The molecule has 2 fully saturated rings. The molecule has 1 aromatic rings. The lowest BCUT2D eigenvalue weighted by atomic mass is 9.89. The predicted molar refractivity (Wildman–Crippen MR) is 72.1 cm³/mol. The number of furan rings is 1. The third-order valence-corrected chi connectivity index (χ3v) is 4.23. The van der Waals surface area contributed by atoms with E-state index in [-0.39, 0.29) is 11.6 Å². The first-order valence-corrected chi connectivity index (χ1v) is 7.21. The van der Waals surface area contributed by atoms with Crippen molar-refractivity contribution >= 4 is 0 Å². The van der Waals surface area contributed by atoms with Crippen LogP contribution in [0.15, 0.2) is 16.5 Å². The molecule has 0 bridgehead atoms. The van der Waals surface area contributed by atoms with Gasteiger partial charge in [-0.3, -0.25) is 0 Å². The maximum atomic E-state index is 5.96. The summed E-state index contributed by atoms with van der Waals surface area (Å²) in [5.74, 6) is 1.98. The van der Waals surface area contributed by atoms with E-state index in [1.165, 1.54) is 0 Å². The van der Waals surface area contributed by atoms with Crippen LogP contribution in [-0.4, -0.2) is 31.5 Å². The minimum Gasteiger partial charge on any atom is -0.465 e. The summed E-state index contributed by atoms with van der Waals surface area (Å²) in [6, 6.07) is 4.80. The van der Waals surface area contributed by atoms with Crippen molar-refractivity contribution < 1.29 is 13.9 Å². The lowest BCUT2D eigenvalue weighted by molar-refractivity contribution is -0.0904. The quantitative estimate of drug-likeness (QED) is 0.912. The Kier molecular flexibility index (Phi) is 3.65. The fraction of sp³-hybridized carbons (Fsp3) is 0.733. The average Bonchev–Trinajstić information content (AvgIpc) is 2.99. The molecule has 1 N–H and O–H groups in total. The predicted octanol–water partition coefficient (Wildman–Crippen LogP) is 2.58. The summed E-state index contributed by atoms with van der Waals surface area (Å²) in [5.41, 5.74) is -0.0330. The maximum absolute atomic E-state index is 5.96. The molecule has 3 unspecified atom stereocenters. The SMILES string of the molecule is Cc1ccc(C(C)NC2CCOC3(CCOC3)C2)o1. The summed E-state index contributed by atoms with van der Waals surface area (Å²) in [7, 11) is 0. The lowest BCUT2D eigenvalue weighted by Crippen LogP contribution is -2.48. The van der Waals surface area contributed by atoms with E-state index in [0.29, 0.717) is 6.04 Å². The van der Waals surface area contributed by atoms with Gasteiger partial charge in [-0.2, -0.15) is 0 Å². The van der Waals surface area contributed by atoms with E-state index in [1.54, 1.807) is 0 Å². The minimum absolute atomic E-state index is 0.0330. The maximum Gasteiger partial charge on any atom is 0.120 e. The average molecular weight is 265 g/mol. The molecular formula is C15H23NO3. The van der Waals surface area contributed by atoms with E-state index in [0.717, 1.165) is 50.6 Å². The van der Waals surface area contributed by atoms with Crippen LogP contribution >= 0.6 is 0 Å². The number of aryl methyl sites for hydroxylation is 1. The summed E-state index contributed by atoms with van der Waals surface area (Å²) in [6.45, 7) is 6.55. The van der Waals surface area contributed by atoms with Gasteiger partial charge in [0.05, 0.1) is 18.2 Å². The Hall–Kier alpha value is -0.840. The Morgan fingerprint density at radius 3 is 2.95 bits per heavy atom. The van der Waals surface area contributed by atoms with Crippen molar-refractivity contribution in [1.82, 2.24) is 5.32 Å². The Labute approximate surface area is 114 Å². The zero-order valence-electron chi connectivity index (χ0n) is 11.8. The van der Waals surface area contributed by atoms with Gasteiger partial charge in [-0.25, -0.2) is 0 Å². The van der Waals surface area contributed by atoms with Crippen molar-refractivity contribution in [2.75, 3.05) is 19.8 Å². The van der Waals surface area contributed by atoms with Gasteiger partial charge in [0.2, 0.25) is 0 Å².